The maximum atomic E-state index is 12.6. The number of rotatable bonds is 7. The van der Waals surface area contributed by atoms with Gasteiger partial charge in [-0.05, 0) is 38.1 Å². The van der Waals surface area contributed by atoms with Crippen molar-refractivity contribution in [3.8, 4) is 11.4 Å². The van der Waals surface area contributed by atoms with Gasteiger partial charge in [-0.2, -0.15) is 0 Å². The Labute approximate surface area is 168 Å². The molecule has 3 rings (SSSR count). The van der Waals surface area contributed by atoms with Gasteiger partial charge in [0.15, 0.2) is 11.6 Å². The molecule has 0 saturated heterocycles. The Bertz CT molecular complexity index is 1080. The zero-order valence-electron chi connectivity index (χ0n) is 15.6. The van der Waals surface area contributed by atoms with Gasteiger partial charge in [0.2, 0.25) is 15.2 Å². The van der Waals surface area contributed by atoms with Crippen LogP contribution in [0.5, 0.6) is 0 Å². The van der Waals surface area contributed by atoms with Crippen LogP contribution >= 0.6 is 11.8 Å². The molecule has 1 atom stereocenters. The Morgan fingerprint density at radius 2 is 1.75 bits per heavy atom. The molecule has 2 aromatic carbocycles. The Morgan fingerprint density at radius 3 is 2.36 bits per heavy atom. The number of aromatic amines is 1. The average molecular weight is 417 g/mol. The van der Waals surface area contributed by atoms with Crippen LogP contribution in [0.4, 0.5) is 5.69 Å². The highest BCUT2D eigenvalue weighted by Crippen LogP contribution is 2.25. The zero-order chi connectivity index (χ0) is 20.3. The van der Waals surface area contributed by atoms with Crippen molar-refractivity contribution in [3.63, 3.8) is 0 Å². The minimum absolute atomic E-state index is 0.0856. The number of benzene rings is 2. The molecule has 9 heteroatoms. The molecule has 0 fully saturated rings. The molecule has 0 saturated carbocycles. The summed E-state index contributed by atoms with van der Waals surface area (Å²) in [6, 6.07) is 14.3. The largest absolute Gasteiger partial charge is 0.293 e. The van der Waals surface area contributed by atoms with E-state index in [0.717, 1.165) is 17.4 Å². The Hall–Kier alpha value is -2.65. The van der Waals surface area contributed by atoms with Gasteiger partial charge in [0.1, 0.15) is 0 Å². The highest BCUT2D eigenvalue weighted by Gasteiger charge is 2.19. The fourth-order valence-electron chi connectivity index (χ4n) is 2.50. The maximum absolute atomic E-state index is 12.6. The second kappa shape index (κ2) is 8.15. The maximum Gasteiger partial charge on any atom is 0.229 e. The number of Topliss-reactive ketones (excluding diaryl/α,β-unsaturated/α-hetero) is 1. The summed E-state index contributed by atoms with van der Waals surface area (Å²) in [6.45, 7) is 3.81. The number of thioether (sulfide) groups is 1. The van der Waals surface area contributed by atoms with Crippen LogP contribution in [-0.4, -0.2) is 40.9 Å². The number of nitrogens with one attached hydrogen (secondary N) is 2. The Kier molecular flexibility index (Phi) is 5.85. The second-order valence-electron chi connectivity index (χ2n) is 6.41. The van der Waals surface area contributed by atoms with E-state index < -0.39 is 15.3 Å². The third-order valence-electron chi connectivity index (χ3n) is 3.91. The molecule has 0 bridgehead atoms. The van der Waals surface area contributed by atoms with E-state index in [1.807, 2.05) is 31.2 Å². The van der Waals surface area contributed by atoms with Gasteiger partial charge in [-0.25, -0.2) is 13.4 Å². The van der Waals surface area contributed by atoms with E-state index in [9.17, 15) is 13.2 Å². The average Bonchev–Trinajstić information content (AvgIpc) is 3.09. The van der Waals surface area contributed by atoms with Crippen molar-refractivity contribution in [2.24, 2.45) is 0 Å². The zero-order valence-corrected chi connectivity index (χ0v) is 17.3. The molecule has 0 aliphatic carbocycles. The molecule has 1 heterocycles. The standard InChI is InChI=1S/C19H20N4O3S2/c1-12-4-6-15(7-5-12)18-20-19(22-21-18)27-13(2)17(24)14-8-10-16(11-9-14)23-28(3,25)26/h4-11,13,23H,1-3H3,(H,20,21,22)/t13-/m1/s1. The molecular formula is C19H20N4O3S2. The first-order valence-electron chi connectivity index (χ1n) is 8.49. The number of sulfonamides is 1. The van der Waals surface area contributed by atoms with Gasteiger partial charge >= 0.3 is 0 Å². The molecule has 146 valence electrons. The minimum atomic E-state index is -3.35. The van der Waals surface area contributed by atoms with E-state index in [2.05, 4.69) is 19.9 Å². The van der Waals surface area contributed by atoms with Crippen molar-refractivity contribution in [2.75, 3.05) is 11.0 Å². The molecule has 3 aromatic rings. The van der Waals surface area contributed by atoms with E-state index in [0.29, 0.717) is 22.2 Å². The fraction of sp³-hybridized carbons (Fsp3) is 0.211. The third kappa shape index (κ3) is 5.20. The first kappa shape index (κ1) is 20.1. The first-order valence-corrected chi connectivity index (χ1v) is 11.3. The van der Waals surface area contributed by atoms with Crippen molar-refractivity contribution in [2.45, 2.75) is 24.3 Å². The molecule has 2 N–H and O–H groups in total. The lowest BCUT2D eigenvalue weighted by atomic mass is 10.1. The Morgan fingerprint density at radius 1 is 1.11 bits per heavy atom. The van der Waals surface area contributed by atoms with Crippen LogP contribution in [0.15, 0.2) is 53.7 Å². The number of carbonyl (C=O) groups is 1. The number of hydrogen-bond donors (Lipinski definition) is 2. The number of aromatic nitrogens is 3. The lowest BCUT2D eigenvalue weighted by Gasteiger charge is -2.09. The van der Waals surface area contributed by atoms with Crippen LogP contribution < -0.4 is 4.72 Å². The summed E-state index contributed by atoms with van der Waals surface area (Å²) in [7, 11) is -3.35. The number of ketones is 1. The number of carbonyl (C=O) groups excluding carboxylic acids is 1. The SMILES string of the molecule is Cc1ccc(-c2nc(S[C@H](C)C(=O)c3ccc(NS(C)(=O)=O)cc3)n[nH]2)cc1. The van der Waals surface area contributed by atoms with Gasteiger partial charge in [-0.15, -0.1) is 5.10 Å². The molecule has 0 aliphatic rings. The van der Waals surface area contributed by atoms with Gasteiger partial charge < -0.3 is 0 Å². The minimum Gasteiger partial charge on any atom is -0.293 e. The molecule has 0 aliphatic heterocycles. The van der Waals surface area contributed by atoms with Crippen molar-refractivity contribution < 1.29 is 13.2 Å². The van der Waals surface area contributed by atoms with E-state index in [-0.39, 0.29) is 5.78 Å². The number of hydrogen-bond acceptors (Lipinski definition) is 6. The number of nitrogens with zero attached hydrogens (tertiary/aromatic N) is 2. The lowest BCUT2D eigenvalue weighted by molar-refractivity contribution is 0.0994. The molecule has 28 heavy (non-hydrogen) atoms. The molecule has 0 spiro atoms. The van der Waals surface area contributed by atoms with Crippen LogP contribution in [0.1, 0.15) is 22.8 Å². The first-order chi connectivity index (χ1) is 13.2. The van der Waals surface area contributed by atoms with Gasteiger partial charge in [0, 0.05) is 16.8 Å². The van der Waals surface area contributed by atoms with E-state index in [1.54, 1.807) is 31.2 Å². The fourth-order valence-corrected chi connectivity index (χ4v) is 3.87. The van der Waals surface area contributed by atoms with Gasteiger partial charge in [-0.1, -0.05) is 41.6 Å². The summed E-state index contributed by atoms with van der Waals surface area (Å²) in [4.78, 5) is 17.1. The van der Waals surface area contributed by atoms with Crippen LogP contribution in [0.3, 0.4) is 0 Å². The summed E-state index contributed by atoms with van der Waals surface area (Å²) < 4.78 is 24.9. The topological polar surface area (TPSA) is 105 Å². The highest BCUT2D eigenvalue weighted by molar-refractivity contribution is 8.00. The van der Waals surface area contributed by atoms with Crippen LogP contribution in [-0.2, 0) is 10.0 Å². The molecule has 0 radical (unpaired) electrons. The van der Waals surface area contributed by atoms with Crippen molar-refractivity contribution in [1.29, 1.82) is 0 Å². The number of aryl methyl sites for hydroxylation is 1. The normalized spacial score (nSPS) is 12.5. The summed E-state index contributed by atoms with van der Waals surface area (Å²) in [5.41, 5.74) is 3.00. The smallest absolute Gasteiger partial charge is 0.229 e. The van der Waals surface area contributed by atoms with E-state index in [4.69, 9.17) is 0 Å². The number of H-pyrrole nitrogens is 1. The molecule has 7 nitrogen and oxygen atoms in total. The van der Waals surface area contributed by atoms with Crippen LogP contribution in [0, 0.1) is 6.92 Å². The summed E-state index contributed by atoms with van der Waals surface area (Å²) in [5, 5.41) is 7.18. The third-order valence-corrected chi connectivity index (χ3v) is 5.48. The quantitative estimate of drug-likeness (QED) is 0.451. The molecule has 0 amide bonds. The molecule has 0 unspecified atom stereocenters. The summed E-state index contributed by atoms with van der Waals surface area (Å²) >= 11 is 1.26. The van der Waals surface area contributed by atoms with E-state index in [1.165, 1.54) is 11.8 Å². The second-order valence-corrected chi connectivity index (χ2v) is 9.46. The van der Waals surface area contributed by atoms with Crippen molar-refractivity contribution >= 4 is 33.3 Å². The predicted octanol–water partition coefficient (Wildman–Crippen LogP) is 3.52. The highest BCUT2D eigenvalue weighted by atomic mass is 32.2. The Balaban J connectivity index is 1.66. The van der Waals surface area contributed by atoms with E-state index >= 15 is 0 Å². The predicted molar refractivity (Wildman–Crippen MR) is 111 cm³/mol. The monoisotopic (exact) mass is 416 g/mol. The summed E-state index contributed by atoms with van der Waals surface area (Å²) in [6.07, 6.45) is 1.08. The van der Waals surface area contributed by atoms with Crippen molar-refractivity contribution in [1.82, 2.24) is 15.2 Å². The summed E-state index contributed by atoms with van der Waals surface area (Å²) in [5.74, 6) is 0.566. The van der Waals surface area contributed by atoms with Crippen LogP contribution in [0.2, 0.25) is 0 Å². The van der Waals surface area contributed by atoms with Gasteiger partial charge in [0.05, 0.1) is 11.5 Å². The van der Waals surface area contributed by atoms with Crippen LogP contribution in [0.25, 0.3) is 11.4 Å². The molecule has 1 aromatic heterocycles. The molecular weight excluding hydrogens is 396 g/mol. The lowest BCUT2D eigenvalue weighted by Crippen LogP contribution is -2.14. The number of anilines is 1. The van der Waals surface area contributed by atoms with Gasteiger partial charge in [0.25, 0.3) is 0 Å². The van der Waals surface area contributed by atoms with Gasteiger partial charge in [-0.3, -0.25) is 14.6 Å². The van der Waals surface area contributed by atoms with Crippen molar-refractivity contribution in [3.05, 3.63) is 59.7 Å².